The van der Waals surface area contributed by atoms with Crippen LogP contribution in [-0.4, -0.2) is 46.8 Å². The maximum atomic E-state index is 12.2. The number of nitrogens with zero attached hydrogens (tertiary/aromatic N) is 2. The Bertz CT molecular complexity index is 1140. The van der Waals surface area contributed by atoms with Gasteiger partial charge in [-0.15, -0.1) is 0 Å². The van der Waals surface area contributed by atoms with Gasteiger partial charge in [-0.05, 0) is 62.6 Å². The number of aliphatic carboxylic acids is 1. The van der Waals surface area contributed by atoms with Crippen LogP contribution in [0.25, 0.3) is 11.5 Å². The number of ether oxygens (including phenoxy) is 2. The van der Waals surface area contributed by atoms with E-state index in [0.29, 0.717) is 31.1 Å². The third kappa shape index (κ3) is 7.60. The number of carbonyl (C=O) groups excluding carboxylic acids is 1. The van der Waals surface area contributed by atoms with Crippen molar-refractivity contribution < 1.29 is 28.6 Å². The molecule has 1 N–H and O–H groups in total. The first-order valence-corrected chi connectivity index (χ1v) is 11.6. The number of carbonyl (C=O) groups is 2. The maximum Gasteiger partial charge on any atom is 0.410 e. The van der Waals surface area contributed by atoms with E-state index in [9.17, 15) is 9.59 Å². The smallest absolute Gasteiger partial charge is 0.410 e. The van der Waals surface area contributed by atoms with Gasteiger partial charge in [-0.2, -0.15) is 0 Å². The lowest BCUT2D eigenvalue weighted by molar-refractivity contribution is -0.136. The summed E-state index contributed by atoms with van der Waals surface area (Å²) in [5.74, 6) is 1.10. The van der Waals surface area contributed by atoms with E-state index in [1.54, 1.807) is 20.9 Å². The van der Waals surface area contributed by atoms with Gasteiger partial charge in [0.2, 0.25) is 5.89 Å². The molecule has 0 saturated heterocycles. The van der Waals surface area contributed by atoms with Crippen LogP contribution in [0, 0.1) is 6.92 Å². The largest absolute Gasteiger partial charge is 0.493 e. The molecule has 0 saturated carbocycles. The minimum atomic E-state index is -0.873. The molecule has 3 aromatic rings. The van der Waals surface area contributed by atoms with Crippen LogP contribution >= 0.6 is 0 Å². The second kappa shape index (κ2) is 12.1. The molecule has 8 heteroatoms. The van der Waals surface area contributed by atoms with E-state index in [1.165, 1.54) is 4.90 Å². The Kier molecular flexibility index (Phi) is 8.89. The summed E-state index contributed by atoms with van der Waals surface area (Å²) in [6, 6.07) is 15.2. The van der Waals surface area contributed by atoms with E-state index >= 15 is 0 Å². The highest BCUT2D eigenvalue weighted by molar-refractivity contribution is 5.68. The molecular formula is C27H32N2O6. The number of rotatable bonds is 11. The van der Waals surface area contributed by atoms with Gasteiger partial charge in [0.1, 0.15) is 11.5 Å². The molecule has 186 valence electrons. The summed E-state index contributed by atoms with van der Waals surface area (Å²) in [5, 5.41) is 9.09. The molecule has 3 rings (SSSR count). The first kappa shape index (κ1) is 25.8. The number of benzene rings is 2. The molecule has 1 heterocycles. The first-order chi connectivity index (χ1) is 16.7. The van der Waals surface area contributed by atoms with E-state index in [-0.39, 0.29) is 19.1 Å². The lowest BCUT2D eigenvalue weighted by Gasteiger charge is -2.21. The van der Waals surface area contributed by atoms with Crippen molar-refractivity contribution >= 4 is 12.1 Å². The fraction of sp³-hybridized carbons (Fsp3) is 0.370. The quantitative estimate of drug-likeness (QED) is 0.399. The van der Waals surface area contributed by atoms with Gasteiger partial charge < -0.3 is 23.9 Å². The van der Waals surface area contributed by atoms with Crippen LogP contribution in [0.5, 0.6) is 5.75 Å². The van der Waals surface area contributed by atoms with E-state index in [0.717, 1.165) is 28.1 Å². The van der Waals surface area contributed by atoms with Gasteiger partial charge in [0.25, 0.3) is 0 Å². The Balaban J connectivity index is 1.68. The van der Waals surface area contributed by atoms with Crippen molar-refractivity contribution in [2.75, 3.05) is 13.7 Å². The Morgan fingerprint density at radius 1 is 1.09 bits per heavy atom. The van der Waals surface area contributed by atoms with Crippen LogP contribution in [0.4, 0.5) is 4.79 Å². The predicted octanol–water partition coefficient (Wildman–Crippen LogP) is 5.27. The van der Waals surface area contributed by atoms with Crippen molar-refractivity contribution in [2.45, 2.75) is 52.7 Å². The molecule has 8 nitrogen and oxygen atoms in total. The fourth-order valence-electron chi connectivity index (χ4n) is 3.57. The molecule has 0 fully saturated rings. The molecular weight excluding hydrogens is 448 g/mol. The molecule has 0 aliphatic heterocycles. The number of amides is 1. The van der Waals surface area contributed by atoms with Crippen LogP contribution in [-0.2, 0) is 28.9 Å². The summed E-state index contributed by atoms with van der Waals surface area (Å²) >= 11 is 0. The molecule has 0 spiro atoms. The first-order valence-electron chi connectivity index (χ1n) is 11.6. The minimum Gasteiger partial charge on any atom is -0.493 e. The van der Waals surface area contributed by atoms with Crippen molar-refractivity contribution in [3.05, 3.63) is 71.1 Å². The Hall–Kier alpha value is -3.81. The van der Waals surface area contributed by atoms with Gasteiger partial charge in [0, 0.05) is 32.0 Å². The van der Waals surface area contributed by atoms with Gasteiger partial charge in [-0.25, -0.2) is 9.78 Å². The van der Waals surface area contributed by atoms with Gasteiger partial charge in [-0.3, -0.25) is 4.79 Å². The summed E-state index contributed by atoms with van der Waals surface area (Å²) < 4.78 is 17.0. The van der Waals surface area contributed by atoms with Crippen molar-refractivity contribution in [1.82, 2.24) is 9.88 Å². The molecule has 1 aromatic heterocycles. The molecule has 2 aromatic carbocycles. The number of hydrogen-bond acceptors (Lipinski definition) is 6. The van der Waals surface area contributed by atoms with Crippen LogP contribution in [0.15, 0.2) is 52.9 Å². The zero-order valence-corrected chi connectivity index (χ0v) is 20.6. The van der Waals surface area contributed by atoms with Crippen molar-refractivity contribution in [1.29, 1.82) is 0 Å². The van der Waals surface area contributed by atoms with Gasteiger partial charge >= 0.3 is 12.1 Å². The molecule has 1 amide bonds. The van der Waals surface area contributed by atoms with Crippen LogP contribution < -0.4 is 4.74 Å². The van der Waals surface area contributed by atoms with E-state index in [2.05, 4.69) is 4.98 Å². The Morgan fingerprint density at radius 2 is 1.83 bits per heavy atom. The summed E-state index contributed by atoms with van der Waals surface area (Å²) in [6.45, 7) is 6.13. The number of aryl methyl sites for hydroxylation is 2. The van der Waals surface area contributed by atoms with E-state index < -0.39 is 12.1 Å². The van der Waals surface area contributed by atoms with Gasteiger partial charge in [-0.1, -0.05) is 24.3 Å². The number of hydrogen-bond donors (Lipinski definition) is 1. The lowest BCUT2D eigenvalue weighted by Crippen LogP contribution is -2.29. The Morgan fingerprint density at radius 3 is 2.51 bits per heavy atom. The minimum absolute atomic E-state index is 0.00252. The molecule has 35 heavy (non-hydrogen) atoms. The molecule has 0 bridgehead atoms. The highest BCUT2D eigenvalue weighted by Crippen LogP contribution is 2.24. The van der Waals surface area contributed by atoms with Gasteiger partial charge in [0.05, 0.1) is 18.4 Å². The lowest BCUT2D eigenvalue weighted by atomic mass is 10.0. The predicted molar refractivity (Wildman–Crippen MR) is 131 cm³/mol. The summed E-state index contributed by atoms with van der Waals surface area (Å²) in [7, 11) is 1.65. The second-order valence-corrected chi connectivity index (χ2v) is 8.60. The van der Waals surface area contributed by atoms with Crippen LogP contribution in [0.3, 0.4) is 0 Å². The molecule has 0 aliphatic rings. The molecule has 0 unspecified atom stereocenters. The van der Waals surface area contributed by atoms with Gasteiger partial charge in [0.15, 0.2) is 0 Å². The summed E-state index contributed by atoms with van der Waals surface area (Å²) in [6.07, 6.45) is 0.263. The fourth-order valence-corrected chi connectivity index (χ4v) is 3.57. The van der Waals surface area contributed by atoms with Crippen LogP contribution in [0.1, 0.15) is 42.8 Å². The zero-order valence-electron chi connectivity index (χ0n) is 20.6. The zero-order chi connectivity index (χ0) is 25.4. The standard InChI is InChI=1S/C27H32N2O6/c1-18(2)34-27(32)29(4)17-22-16-23(12-10-20(22)11-13-25(30)31)33-15-14-24-19(3)35-26(28-24)21-8-6-5-7-9-21/h5-10,12,16,18H,11,13-15,17H2,1-4H3,(H,30,31). The molecule has 0 aliphatic carbocycles. The highest BCUT2D eigenvalue weighted by Gasteiger charge is 2.16. The average molecular weight is 481 g/mol. The van der Waals surface area contributed by atoms with Crippen molar-refractivity contribution in [3.63, 3.8) is 0 Å². The third-order valence-electron chi connectivity index (χ3n) is 5.36. The summed E-state index contributed by atoms with van der Waals surface area (Å²) in [4.78, 5) is 29.4. The number of carboxylic acid groups (broad SMARTS) is 1. The van der Waals surface area contributed by atoms with Crippen molar-refractivity contribution in [2.24, 2.45) is 0 Å². The maximum absolute atomic E-state index is 12.2. The van der Waals surface area contributed by atoms with E-state index in [1.807, 2.05) is 55.5 Å². The topological polar surface area (TPSA) is 102 Å². The number of aromatic nitrogens is 1. The average Bonchev–Trinajstić information content (AvgIpc) is 3.19. The monoisotopic (exact) mass is 480 g/mol. The number of carboxylic acids is 1. The molecule has 0 radical (unpaired) electrons. The van der Waals surface area contributed by atoms with E-state index in [4.69, 9.17) is 19.0 Å². The van der Waals surface area contributed by atoms with Crippen molar-refractivity contribution in [3.8, 4) is 17.2 Å². The van der Waals surface area contributed by atoms with Crippen LogP contribution in [0.2, 0.25) is 0 Å². The number of oxazole rings is 1. The highest BCUT2D eigenvalue weighted by atomic mass is 16.6. The molecule has 0 atom stereocenters. The SMILES string of the molecule is Cc1oc(-c2ccccc2)nc1CCOc1ccc(CCC(=O)O)c(CN(C)C(=O)OC(C)C)c1. The second-order valence-electron chi connectivity index (χ2n) is 8.60. The third-order valence-corrected chi connectivity index (χ3v) is 5.36. The summed E-state index contributed by atoms with van der Waals surface area (Å²) in [5.41, 5.74) is 3.42. The normalized spacial score (nSPS) is 10.9. The Labute approximate surface area is 205 Å².